The summed E-state index contributed by atoms with van der Waals surface area (Å²) in [6, 6.07) is 12.1. The molecule has 0 unspecified atom stereocenters. The molecule has 2 N–H and O–H groups in total. The molecule has 0 bridgehead atoms. The Labute approximate surface area is 166 Å². The lowest BCUT2D eigenvalue weighted by Crippen LogP contribution is -2.24. The standard InChI is InChI=1S/C19H17N3O6S/c23-18(13-28-19(24)14-4-2-8-20-11-14)22-15-5-1-7-17(10-15)29(25,26)21-12-16-6-3-9-27-16/h1-11,21H,12-13H2,(H,22,23). The summed E-state index contributed by atoms with van der Waals surface area (Å²) in [5, 5.41) is 2.49. The summed E-state index contributed by atoms with van der Waals surface area (Å²) in [5.74, 6) is -0.833. The summed E-state index contributed by atoms with van der Waals surface area (Å²) in [7, 11) is -3.81. The second-order valence-electron chi connectivity index (χ2n) is 5.80. The molecule has 0 atom stereocenters. The lowest BCUT2D eigenvalue weighted by molar-refractivity contribution is -0.119. The molecule has 0 aliphatic heterocycles. The third-order valence-electron chi connectivity index (χ3n) is 3.68. The molecule has 150 valence electrons. The van der Waals surface area contributed by atoms with E-state index in [2.05, 4.69) is 15.0 Å². The van der Waals surface area contributed by atoms with Gasteiger partial charge in [-0.25, -0.2) is 17.9 Å². The predicted molar refractivity (Wildman–Crippen MR) is 102 cm³/mol. The molecular formula is C19H17N3O6S. The number of rotatable bonds is 8. The summed E-state index contributed by atoms with van der Waals surface area (Å²) < 4.78 is 37.2. The van der Waals surface area contributed by atoms with Gasteiger partial charge in [0.2, 0.25) is 10.0 Å². The molecule has 2 heterocycles. The molecule has 29 heavy (non-hydrogen) atoms. The van der Waals surface area contributed by atoms with Gasteiger partial charge in [0.1, 0.15) is 5.76 Å². The fraction of sp³-hybridized carbons (Fsp3) is 0.105. The van der Waals surface area contributed by atoms with Crippen LogP contribution in [0, 0.1) is 0 Å². The molecule has 0 fully saturated rings. The van der Waals surface area contributed by atoms with E-state index in [1.54, 1.807) is 18.2 Å². The second-order valence-corrected chi connectivity index (χ2v) is 7.56. The number of amides is 1. The van der Waals surface area contributed by atoms with E-state index < -0.39 is 28.5 Å². The molecule has 3 rings (SSSR count). The van der Waals surface area contributed by atoms with Gasteiger partial charge in [-0.2, -0.15) is 0 Å². The number of aromatic nitrogens is 1. The van der Waals surface area contributed by atoms with Crippen molar-refractivity contribution in [2.75, 3.05) is 11.9 Å². The molecule has 10 heteroatoms. The number of nitrogens with zero attached hydrogens (tertiary/aromatic N) is 1. The Hall–Kier alpha value is -3.50. The highest BCUT2D eigenvalue weighted by atomic mass is 32.2. The van der Waals surface area contributed by atoms with Crippen LogP contribution in [0.3, 0.4) is 0 Å². The van der Waals surface area contributed by atoms with Gasteiger partial charge in [0.05, 0.1) is 23.3 Å². The van der Waals surface area contributed by atoms with Crippen LogP contribution in [0.2, 0.25) is 0 Å². The number of ether oxygens (including phenoxy) is 1. The number of furan rings is 1. The summed E-state index contributed by atoms with van der Waals surface area (Å²) >= 11 is 0. The third kappa shape index (κ3) is 5.74. The van der Waals surface area contributed by atoms with Crippen LogP contribution in [-0.4, -0.2) is 31.9 Å². The maximum absolute atomic E-state index is 12.4. The van der Waals surface area contributed by atoms with Crippen molar-refractivity contribution in [2.24, 2.45) is 0 Å². The molecule has 9 nitrogen and oxygen atoms in total. The zero-order valence-corrected chi connectivity index (χ0v) is 15.9. The van der Waals surface area contributed by atoms with Crippen LogP contribution >= 0.6 is 0 Å². The van der Waals surface area contributed by atoms with Crippen molar-refractivity contribution >= 4 is 27.6 Å². The lowest BCUT2D eigenvalue weighted by Gasteiger charge is -2.09. The highest BCUT2D eigenvalue weighted by Gasteiger charge is 2.16. The number of nitrogens with one attached hydrogen (secondary N) is 2. The average molecular weight is 415 g/mol. The van der Waals surface area contributed by atoms with Crippen molar-refractivity contribution < 1.29 is 27.2 Å². The van der Waals surface area contributed by atoms with E-state index in [1.807, 2.05) is 0 Å². The van der Waals surface area contributed by atoms with Gasteiger partial charge in [-0.3, -0.25) is 9.78 Å². The molecule has 0 spiro atoms. The number of sulfonamides is 1. The van der Waals surface area contributed by atoms with Gasteiger partial charge in [-0.15, -0.1) is 0 Å². The van der Waals surface area contributed by atoms with Crippen molar-refractivity contribution in [3.63, 3.8) is 0 Å². The Bertz CT molecular complexity index is 1080. The van der Waals surface area contributed by atoms with Crippen molar-refractivity contribution in [1.82, 2.24) is 9.71 Å². The molecule has 1 amide bonds. The van der Waals surface area contributed by atoms with Crippen molar-refractivity contribution in [3.8, 4) is 0 Å². The van der Waals surface area contributed by atoms with Gasteiger partial charge in [-0.05, 0) is 42.5 Å². The SMILES string of the molecule is O=C(COC(=O)c1cccnc1)Nc1cccc(S(=O)(=O)NCc2ccco2)c1. The smallest absolute Gasteiger partial charge is 0.340 e. The van der Waals surface area contributed by atoms with Gasteiger partial charge in [0.25, 0.3) is 5.91 Å². The Kier molecular flexibility index (Phi) is 6.37. The molecule has 3 aromatic rings. The zero-order valence-electron chi connectivity index (χ0n) is 15.1. The minimum atomic E-state index is -3.81. The molecule has 0 saturated carbocycles. The number of carbonyl (C=O) groups excluding carboxylic acids is 2. The highest BCUT2D eigenvalue weighted by molar-refractivity contribution is 7.89. The second kappa shape index (κ2) is 9.13. The highest BCUT2D eigenvalue weighted by Crippen LogP contribution is 2.16. The van der Waals surface area contributed by atoms with E-state index in [4.69, 9.17) is 9.15 Å². The predicted octanol–water partition coefficient (Wildman–Crippen LogP) is 1.95. The van der Waals surface area contributed by atoms with Gasteiger partial charge >= 0.3 is 5.97 Å². The third-order valence-corrected chi connectivity index (χ3v) is 5.08. The first-order valence-electron chi connectivity index (χ1n) is 8.43. The number of benzene rings is 1. The van der Waals surface area contributed by atoms with Crippen molar-refractivity contribution in [1.29, 1.82) is 0 Å². The summed E-state index contributed by atoms with van der Waals surface area (Å²) in [6.45, 7) is -0.530. The molecule has 0 radical (unpaired) electrons. The Balaban J connectivity index is 1.57. The zero-order chi connectivity index (χ0) is 20.7. The van der Waals surface area contributed by atoms with E-state index in [0.29, 0.717) is 5.76 Å². The van der Waals surface area contributed by atoms with Crippen LogP contribution < -0.4 is 10.0 Å². The molecule has 0 aliphatic rings. The van der Waals surface area contributed by atoms with Gasteiger partial charge in [0.15, 0.2) is 6.61 Å². The number of hydrogen-bond donors (Lipinski definition) is 2. The van der Waals surface area contributed by atoms with E-state index >= 15 is 0 Å². The topological polar surface area (TPSA) is 128 Å². The first-order chi connectivity index (χ1) is 13.9. The van der Waals surface area contributed by atoms with Gasteiger partial charge in [-0.1, -0.05) is 6.07 Å². The van der Waals surface area contributed by atoms with Crippen LogP contribution in [0.4, 0.5) is 5.69 Å². The Morgan fingerprint density at radius 3 is 2.69 bits per heavy atom. The number of pyridine rings is 1. The van der Waals surface area contributed by atoms with Crippen LogP contribution in [0.1, 0.15) is 16.1 Å². The van der Waals surface area contributed by atoms with E-state index in [1.165, 1.54) is 49.0 Å². The maximum atomic E-state index is 12.4. The molecular weight excluding hydrogens is 398 g/mol. The van der Waals surface area contributed by atoms with Gasteiger partial charge in [0, 0.05) is 18.1 Å². The maximum Gasteiger partial charge on any atom is 0.340 e. The molecule has 2 aromatic heterocycles. The average Bonchev–Trinajstić information content (AvgIpc) is 3.25. The number of hydrogen-bond acceptors (Lipinski definition) is 7. The molecule has 0 aliphatic carbocycles. The normalized spacial score (nSPS) is 11.0. The summed E-state index contributed by atoms with van der Waals surface area (Å²) in [5.41, 5.74) is 0.462. The molecule has 0 saturated heterocycles. The first kappa shape index (κ1) is 20.2. The van der Waals surface area contributed by atoms with Gasteiger partial charge < -0.3 is 14.5 Å². The lowest BCUT2D eigenvalue weighted by atomic mass is 10.3. The summed E-state index contributed by atoms with van der Waals surface area (Å²) in [4.78, 5) is 27.6. The van der Waals surface area contributed by atoms with Crippen molar-refractivity contribution in [2.45, 2.75) is 11.4 Å². The minimum Gasteiger partial charge on any atom is -0.468 e. The van der Waals surface area contributed by atoms with E-state index in [0.717, 1.165) is 0 Å². The molecule has 1 aromatic carbocycles. The minimum absolute atomic E-state index is 0.00376. The number of esters is 1. The van der Waals surface area contributed by atoms with Crippen LogP contribution in [0.15, 0.2) is 76.5 Å². The fourth-order valence-corrected chi connectivity index (χ4v) is 3.34. The Morgan fingerprint density at radius 2 is 1.97 bits per heavy atom. The fourth-order valence-electron chi connectivity index (χ4n) is 2.30. The number of anilines is 1. The Morgan fingerprint density at radius 1 is 1.10 bits per heavy atom. The summed E-state index contributed by atoms with van der Waals surface area (Å²) in [6.07, 6.45) is 4.28. The van der Waals surface area contributed by atoms with Crippen LogP contribution in [0.25, 0.3) is 0 Å². The van der Waals surface area contributed by atoms with Crippen LogP contribution in [0.5, 0.6) is 0 Å². The van der Waals surface area contributed by atoms with E-state index in [-0.39, 0.29) is 22.7 Å². The largest absolute Gasteiger partial charge is 0.468 e. The van der Waals surface area contributed by atoms with E-state index in [9.17, 15) is 18.0 Å². The monoisotopic (exact) mass is 415 g/mol. The van der Waals surface area contributed by atoms with Crippen LogP contribution in [-0.2, 0) is 26.1 Å². The quantitative estimate of drug-likeness (QED) is 0.538. The first-order valence-corrected chi connectivity index (χ1v) is 9.91. The number of carbonyl (C=O) groups is 2. The van der Waals surface area contributed by atoms with Crippen molar-refractivity contribution in [3.05, 3.63) is 78.5 Å².